The number of hydrogen-bond donors (Lipinski definition) is 2. The predicted octanol–water partition coefficient (Wildman–Crippen LogP) is 2.94. The summed E-state index contributed by atoms with van der Waals surface area (Å²) in [5.74, 6) is 1.41. The van der Waals surface area contributed by atoms with Crippen LogP contribution in [-0.2, 0) is 4.79 Å². The van der Waals surface area contributed by atoms with Gasteiger partial charge in [0, 0.05) is 17.4 Å². The van der Waals surface area contributed by atoms with Gasteiger partial charge < -0.3 is 19.9 Å². The number of quaternary nitrogens is 1. The fourth-order valence-corrected chi connectivity index (χ4v) is 3.98. The summed E-state index contributed by atoms with van der Waals surface area (Å²) < 4.78 is 5.34. The zero-order chi connectivity index (χ0) is 20.8. The van der Waals surface area contributed by atoms with Gasteiger partial charge in [-0.3, -0.25) is 4.79 Å². The van der Waals surface area contributed by atoms with Crippen LogP contribution in [0.25, 0.3) is 0 Å². The van der Waals surface area contributed by atoms with E-state index in [2.05, 4.69) is 42.3 Å². The fraction of sp³-hybridized carbons (Fsp3) is 0.458. The monoisotopic (exact) mass is 396 g/mol. The molecule has 1 aliphatic rings. The lowest BCUT2D eigenvalue weighted by Crippen LogP contribution is -3.19. The van der Waals surface area contributed by atoms with E-state index in [1.807, 2.05) is 37.3 Å². The number of carbonyl (C=O) groups is 1. The van der Waals surface area contributed by atoms with Crippen LogP contribution in [0.2, 0.25) is 0 Å². The number of hydrogen-bond acceptors (Lipinski definition) is 3. The largest absolute Gasteiger partial charge is 0.497 e. The number of rotatable bonds is 7. The summed E-state index contributed by atoms with van der Waals surface area (Å²) in [4.78, 5) is 16.7. The first kappa shape index (κ1) is 21.2. The van der Waals surface area contributed by atoms with E-state index in [4.69, 9.17) is 4.74 Å². The molecule has 1 heterocycles. The van der Waals surface area contributed by atoms with Gasteiger partial charge in [-0.15, -0.1) is 0 Å². The Hall–Kier alpha value is -2.53. The highest BCUT2D eigenvalue weighted by atomic mass is 16.5. The van der Waals surface area contributed by atoms with E-state index in [9.17, 15) is 4.79 Å². The van der Waals surface area contributed by atoms with Gasteiger partial charge >= 0.3 is 0 Å². The van der Waals surface area contributed by atoms with Crippen LogP contribution in [0, 0.1) is 0 Å². The lowest BCUT2D eigenvalue weighted by atomic mass is 9.97. The molecule has 0 saturated carbocycles. The molecule has 3 rings (SSSR count). The molecule has 0 spiro atoms. The first-order valence-corrected chi connectivity index (χ1v) is 10.7. The molecule has 5 nitrogen and oxygen atoms in total. The summed E-state index contributed by atoms with van der Waals surface area (Å²) in [6.45, 7) is 10.2. The Kier molecular flexibility index (Phi) is 7.15. The Morgan fingerprint density at radius 2 is 1.86 bits per heavy atom. The Morgan fingerprint density at radius 3 is 2.55 bits per heavy atom. The number of para-hydroxylation sites is 1. The van der Waals surface area contributed by atoms with Gasteiger partial charge in [-0.1, -0.05) is 38.1 Å². The van der Waals surface area contributed by atoms with Crippen LogP contribution >= 0.6 is 0 Å². The molecule has 0 radical (unpaired) electrons. The molecule has 2 atom stereocenters. The highest BCUT2D eigenvalue weighted by molar-refractivity contribution is 5.94. The molecule has 0 aliphatic carbocycles. The Morgan fingerprint density at radius 1 is 1.14 bits per heavy atom. The first-order valence-electron chi connectivity index (χ1n) is 10.7. The van der Waals surface area contributed by atoms with E-state index in [0.717, 1.165) is 44.0 Å². The second kappa shape index (κ2) is 9.79. The number of amides is 1. The minimum absolute atomic E-state index is 0.0764. The van der Waals surface area contributed by atoms with E-state index in [-0.39, 0.29) is 11.9 Å². The Balaban J connectivity index is 1.59. The summed E-state index contributed by atoms with van der Waals surface area (Å²) in [6.07, 6.45) is 1.06. The molecule has 5 heteroatoms. The van der Waals surface area contributed by atoms with Crippen molar-refractivity contribution in [3.05, 3.63) is 54.1 Å². The second-order valence-corrected chi connectivity index (χ2v) is 7.95. The van der Waals surface area contributed by atoms with Gasteiger partial charge in [-0.05, 0) is 43.0 Å². The topological polar surface area (TPSA) is 46.0 Å². The van der Waals surface area contributed by atoms with E-state index < -0.39 is 0 Å². The molecule has 2 N–H and O–H groups in total. The number of carbonyl (C=O) groups excluding carboxylic acids is 1. The molecule has 1 saturated heterocycles. The standard InChI is InChI=1S/C24H33N3O2/c1-5-18(2)22-11-6-7-12-23(22)25-24(28)19(3)26-13-15-27(16-14-26)20-9-8-10-21(17-20)29-4/h6-12,17-19H,5,13-16H2,1-4H3,(H,25,28)/p+1/t18-,19-/m1/s1. The van der Waals surface area contributed by atoms with Crippen LogP contribution in [-0.4, -0.2) is 45.2 Å². The van der Waals surface area contributed by atoms with Crippen LogP contribution in [0.1, 0.15) is 38.7 Å². The number of nitrogens with zero attached hydrogens (tertiary/aromatic N) is 1. The highest BCUT2D eigenvalue weighted by Gasteiger charge is 2.29. The molecule has 0 aromatic heterocycles. The maximum absolute atomic E-state index is 12.9. The average molecular weight is 397 g/mol. The van der Waals surface area contributed by atoms with Gasteiger partial charge in [0.15, 0.2) is 6.04 Å². The van der Waals surface area contributed by atoms with E-state index in [1.165, 1.54) is 16.2 Å². The van der Waals surface area contributed by atoms with Gasteiger partial charge in [-0.2, -0.15) is 0 Å². The number of piperazine rings is 1. The normalized spacial score (nSPS) is 16.9. The molecule has 2 aromatic rings. The third kappa shape index (κ3) is 5.10. The van der Waals surface area contributed by atoms with Crippen molar-refractivity contribution in [2.24, 2.45) is 0 Å². The van der Waals surface area contributed by atoms with Gasteiger partial charge in [-0.25, -0.2) is 0 Å². The summed E-state index contributed by atoms with van der Waals surface area (Å²) in [6, 6.07) is 16.3. The first-order chi connectivity index (χ1) is 14.0. The van der Waals surface area contributed by atoms with Crippen LogP contribution in [0.5, 0.6) is 5.75 Å². The number of benzene rings is 2. The van der Waals surface area contributed by atoms with Crippen LogP contribution < -0.4 is 19.9 Å². The van der Waals surface area contributed by atoms with Crippen LogP contribution in [0.3, 0.4) is 0 Å². The molecular formula is C24H34N3O2+. The van der Waals surface area contributed by atoms with Gasteiger partial charge in [0.05, 0.1) is 33.3 Å². The summed E-state index contributed by atoms with van der Waals surface area (Å²) in [5.41, 5.74) is 3.35. The minimum Gasteiger partial charge on any atom is -0.497 e. The lowest BCUT2D eigenvalue weighted by Gasteiger charge is -2.36. The molecule has 0 bridgehead atoms. The SMILES string of the molecule is CC[C@@H](C)c1ccccc1NC(=O)[C@@H](C)[NH+]1CCN(c2cccc(OC)c2)CC1. The van der Waals surface area contributed by atoms with Crippen molar-refractivity contribution in [1.29, 1.82) is 0 Å². The third-order valence-electron chi connectivity index (χ3n) is 6.19. The average Bonchev–Trinajstić information content (AvgIpc) is 2.78. The zero-order valence-electron chi connectivity index (χ0n) is 18.1. The number of nitrogens with one attached hydrogen (secondary N) is 2. The van der Waals surface area contributed by atoms with E-state index in [0.29, 0.717) is 5.92 Å². The molecule has 2 aromatic carbocycles. The van der Waals surface area contributed by atoms with Crippen molar-refractivity contribution < 1.29 is 14.4 Å². The smallest absolute Gasteiger partial charge is 0.282 e. The second-order valence-electron chi connectivity index (χ2n) is 7.95. The van der Waals surface area contributed by atoms with Crippen molar-refractivity contribution >= 4 is 17.3 Å². The Bertz CT molecular complexity index is 815. The number of ether oxygens (including phenoxy) is 1. The van der Waals surface area contributed by atoms with Crippen molar-refractivity contribution in [3.63, 3.8) is 0 Å². The fourth-order valence-electron chi connectivity index (χ4n) is 3.98. The van der Waals surface area contributed by atoms with Gasteiger partial charge in [0.2, 0.25) is 0 Å². The number of anilines is 2. The zero-order valence-corrected chi connectivity index (χ0v) is 18.1. The van der Waals surface area contributed by atoms with E-state index >= 15 is 0 Å². The quantitative estimate of drug-likeness (QED) is 0.756. The lowest BCUT2D eigenvalue weighted by molar-refractivity contribution is -0.914. The maximum atomic E-state index is 12.9. The number of methoxy groups -OCH3 is 1. The maximum Gasteiger partial charge on any atom is 0.282 e. The molecule has 1 aliphatic heterocycles. The molecule has 29 heavy (non-hydrogen) atoms. The van der Waals surface area contributed by atoms with E-state index in [1.54, 1.807) is 7.11 Å². The molecule has 1 fully saturated rings. The van der Waals surface area contributed by atoms with Gasteiger partial charge in [0.25, 0.3) is 5.91 Å². The van der Waals surface area contributed by atoms with Crippen LogP contribution in [0.15, 0.2) is 48.5 Å². The Labute approximate surface area is 174 Å². The van der Waals surface area contributed by atoms with Crippen molar-refractivity contribution in [2.45, 2.75) is 39.2 Å². The van der Waals surface area contributed by atoms with Crippen LogP contribution in [0.4, 0.5) is 11.4 Å². The highest BCUT2D eigenvalue weighted by Crippen LogP contribution is 2.26. The predicted molar refractivity (Wildman–Crippen MR) is 119 cm³/mol. The van der Waals surface area contributed by atoms with Gasteiger partial charge in [0.1, 0.15) is 5.75 Å². The van der Waals surface area contributed by atoms with Crippen molar-refractivity contribution in [1.82, 2.24) is 0 Å². The van der Waals surface area contributed by atoms with Crippen molar-refractivity contribution in [2.75, 3.05) is 43.5 Å². The summed E-state index contributed by atoms with van der Waals surface area (Å²) in [7, 11) is 1.70. The van der Waals surface area contributed by atoms with Crippen molar-refractivity contribution in [3.8, 4) is 5.75 Å². The molecule has 1 amide bonds. The summed E-state index contributed by atoms with van der Waals surface area (Å²) >= 11 is 0. The third-order valence-corrected chi connectivity index (χ3v) is 6.19. The molecule has 156 valence electrons. The molecular weight excluding hydrogens is 362 g/mol. The minimum atomic E-state index is -0.0764. The summed E-state index contributed by atoms with van der Waals surface area (Å²) in [5, 5.41) is 3.19. The molecule has 0 unspecified atom stereocenters.